The van der Waals surface area contributed by atoms with Gasteiger partial charge in [0, 0.05) is 5.02 Å². The summed E-state index contributed by atoms with van der Waals surface area (Å²) in [5, 5.41) is 0.572. The van der Waals surface area contributed by atoms with Crippen molar-refractivity contribution in [2.24, 2.45) is 0 Å². The van der Waals surface area contributed by atoms with Crippen LogP contribution >= 0.6 is 39.1 Å². The average Bonchev–Trinajstić information content (AvgIpc) is 2.02. The van der Waals surface area contributed by atoms with Gasteiger partial charge in [-0.3, -0.25) is 0 Å². The molecule has 0 spiro atoms. The van der Waals surface area contributed by atoms with Gasteiger partial charge in [-0.1, -0.05) is 11.6 Å². The first-order valence-corrected chi connectivity index (χ1v) is 5.29. The molecule has 2 nitrogen and oxygen atoms in total. The lowest BCUT2D eigenvalue weighted by Gasteiger charge is -2.09. The van der Waals surface area contributed by atoms with Crippen molar-refractivity contribution in [2.75, 3.05) is 18.2 Å². The second-order valence-corrected chi connectivity index (χ2v) is 4.01. The fraction of sp³-hybridized carbons (Fsp3) is 0.250. The van der Waals surface area contributed by atoms with Gasteiger partial charge < -0.3 is 10.5 Å². The first-order valence-electron chi connectivity index (χ1n) is 3.58. The van der Waals surface area contributed by atoms with E-state index in [0.717, 1.165) is 4.47 Å². The number of ether oxygens (including phenoxy) is 1. The normalized spacial score (nSPS) is 10.1. The summed E-state index contributed by atoms with van der Waals surface area (Å²) >= 11 is 14.5. The molecule has 0 saturated carbocycles. The van der Waals surface area contributed by atoms with E-state index < -0.39 is 0 Å². The molecule has 72 valence electrons. The molecule has 0 aliphatic carbocycles. The van der Waals surface area contributed by atoms with E-state index in [1.807, 2.05) is 0 Å². The van der Waals surface area contributed by atoms with Crippen molar-refractivity contribution < 1.29 is 4.74 Å². The summed E-state index contributed by atoms with van der Waals surface area (Å²) in [6, 6.07) is 3.36. The number of hydrogen-bond donors (Lipinski definition) is 1. The minimum atomic E-state index is 0.423. The number of alkyl halides is 1. The SMILES string of the molecule is Nc1cc(Cl)cc(Br)c1OCCCl. The maximum Gasteiger partial charge on any atom is 0.156 e. The monoisotopic (exact) mass is 283 g/mol. The Morgan fingerprint density at radius 2 is 2.15 bits per heavy atom. The minimum Gasteiger partial charge on any atom is -0.489 e. The fourth-order valence-electron chi connectivity index (χ4n) is 0.873. The number of anilines is 1. The van der Waals surface area contributed by atoms with Crippen molar-refractivity contribution in [3.05, 3.63) is 21.6 Å². The van der Waals surface area contributed by atoms with Gasteiger partial charge in [0.1, 0.15) is 6.61 Å². The van der Waals surface area contributed by atoms with Crippen molar-refractivity contribution in [2.45, 2.75) is 0 Å². The largest absolute Gasteiger partial charge is 0.489 e. The zero-order valence-corrected chi connectivity index (χ0v) is 9.79. The van der Waals surface area contributed by atoms with Gasteiger partial charge in [-0.15, -0.1) is 11.6 Å². The molecule has 0 aliphatic heterocycles. The highest BCUT2D eigenvalue weighted by atomic mass is 79.9. The molecule has 13 heavy (non-hydrogen) atoms. The highest BCUT2D eigenvalue weighted by molar-refractivity contribution is 9.10. The van der Waals surface area contributed by atoms with Crippen LogP contribution in [0.1, 0.15) is 0 Å². The van der Waals surface area contributed by atoms with Gasteiger partial charge in [0.05, 0.1) is 16.0 Å². The summed E-state index contributed by atoms with van der Waals surface area (Å²) in [4.78, 5) is 0. The van der Waals surface area contributed by atoms with Crippen LogP contribution in [0.4, 0.5) is 5.69 Å². The molecule has 0 amide bonds. The number of benzene rings is 1. The van der Waals surface area contributed by atoms with Crippen LogP contribution in [0.3, 0.4) is 0 Å². The van der Waals surface area contributed by atoms with Gasteiger partial charge in [-0.2, -0.15) is 0 Å². The van der Waals surface area contributed by atoms with Crippen LogP contribution in [0.15, 0.2) is 16.6 Å². The molecule has 0 fully saturated rings. The maximum absolute atomic E-state index is 5.76. The van der Waals surface area contributed by atoms with Gasteiger partial charge in [0.2, 0.25) is 0 Å². The summed E-state index contributed by atoms with van der Waals surface area (Å²) in [5.74, 6) is 1.01. The Morgan fingerprint density at radius 1 is 1.46 bits per heavy atom. The number of nitrogens with two attached hydrogens (primary N) is 1. The van der Waals surface area contributed by atoms with Crippen LogP contribution in [0.2, 0.25) is 5.02 Å². The molecule has 1 aromatic carbocycles. The predicted octanol–water partition coefficient (Wildman–Crippen LogP) is 3.30. The molecule has 5 heteroatoms. The molecule has 0 unspecified atom stereocenters. The van der Waals surface area contributed by atoms with Crippen molar-refractivity contribution in [1.29, 1.82) is 0 Å². The first-order chi connectivity index (χ1) is 6.15. The zero-order chi connectivity index (χ0) is 9.84. The highest BCUT2D eigenvalue weighted by Crippen LogP contribution is 2.34. The van der Waals surface area contributed by atoms with E-state index in [1.54, 1.807) is 12.1 Å². The van der Waals surface area contributed by atoms with E-state index >= 15 is 0 Å². The molecular weight excluding hydrogens is 277 g/mol. The quantitative estimate of drug-likeness (QED) is 0.683. The van der Waals surface area contributed by atoms with E-state index in [1.165, 1.54) is 0 Å². The van der Waals surface area contributed by atoms with Crippen molar-refractivity contribution in [3.63, 3.8) is 0 Å². The lowest BCUT2D eigenvalue weighted by atomic mass is 10.3. The van der Waals surface area contributed by atoms with Gasteiger partial charge in [0.25, 0.3) is 0 Å². The van der Waals surface area contributed by atoms with Crippen molar-refractivity contribution in [3.8, 4) is 5.75 Å². The molecule has 0 radical (unpaired) electrons. The first kappa shape index (κ1) is 11.0. The molecule has 0 saturated heterocycles. The van der Waals surface area contributed by atoms with E-state index in [4.69, 9.17) is 33.7 Å². The Kier molecular flexibility index (Phi) is 4.16. The van der Waals surface area contributed by atoms with Crippen LogP contribution in [-0.4, -0.2) is 12.5 Å². The standard InChI is InChI=1S/C8H8BrCl2NO/c9-6-3-5(11)4-7(12)8(6)13-2-1-10/h3-4H,1-2,12H2. The summed E-state index contributed by atoms with van der Waals surface area (Å²) in [6.07, 6.45) is 0. The summed E-state index contributed by atoms with van der Waals surface area (Å²) in [6.45, 7) is 0.423. The molecular formula is C8H8BrCl2NO. The number of hydrogen-bond acceptors (Lipinski definition) is 2. The van der Waals surface area contributed by atoms with Gasteiger partial charge >= 0.3 is 0 Å². The van der Waals surface area contributed by atoms with E-state index in [9.17, 15) is 0 Å². The highest BCUT2D eigenvalue weighted by Gasteiger charge is 2.06. The van der Waals surface area contributed by atoms with Crippen LogP contribution in [-0.2, 0) is 0 Å². The van der Waals surface area contributed by atoms with E-state index in [2.05, 4.69) is 15.9 Å². The van der Waals surface area contributed by atoms with Crippen molar-refractivity contribution >= 4 is 44.8 Å². The van der Waals surface area contributed by atoms with Gasteiger partial charge in [0.15, 0.2) is 5.75 Å². The lowest BCUT2D eigenvalue weighted by Crippen LogP contribution is -2.01. The van der Waals surface area contributed by atoms with E-state index in [-0.39, 0.29) is 0 Å². The maximum atomic E-state index is 5.76. The summed E-state index contributed by atoms with van der Waals surface area (Å²) in [7, 11) is 0. The topological polar surface area (TPSA) is 35.2 Å². The van der Waals surface area contributed by atoms with Gasteiger partial charge in [-0.25, -0.2) is 0 Å². The number of nitrogen functional groups attached to an aromatic ring is 1. The third-order valence-corrected chi connectivity index (χ3v) is 2.32. The molecule has 0 aromatic heterocycles. The molecule has 1 aromatic rings. The number of halogens is 3. The predicted molar refractivity (Wildman–Crippen MR) is 59.8 cm³/mol. The second-order valence-electron chi connectivity index (χ2n) is 2.34. The van der Waals surface area contributed by atoms with E-state index in [0.29, 0.717) is 28.9 Å². The molecule has 0 atom stereocenters. The molecule has 0 aliphatic rings. The Labute approximate surface area is 95.1 Å². The third-order valence-electron chi connectivity index (χ3n) is 1.36. The summed E-state index contributed by atoms with van der Waals surface area (Å²) in [5.41, 5.74) is 6.18. The minimum absolute atomic E-state index is 0.423. The molecule has 0 bridgehead atoms. The Morgan fingerprint density at radius 3 is 2.69 bits per heavy atom. The number of rotatable bonds is 3. The van der Waals surface area contributed by atoms with Gasteiger partial charge in [-0.05, 0) is 28.1 Å². The zero-order valence-electron chi connectivity index (χ0n) is 6.69. The molecule has 1 rings (SSSR count). The Bertz CT molecular complexity index is 283. The average molecular weight is 285 g/mol. The fourth-order valence-corrected chi connectivity index (χ4v) is 1.90. The van der Waals surface area contributed by atoms with Crippen molar-refractivity contribution in [1.82, 2.24) is 0 Å². The van der Waals surface area contributed by atoms with Crippen LogP contribution in [0.25, 0.3) is 0 Å². The van der Waals surface area contributed by atoms with Crippen LogP contribution < -0.4 is 10.5 Å². The smallest absolute Gasteiger partial charge is 0.156 e. The Hall–Kier alpha value is -0.120. The Balaban J connectivity index is 2.92. The third kappa shape index (κ3) is 2.93. The van der Waals surface area contributed by atoms with Crippen LogP contribution in [0, 0.1) is 0 Å². The van der Waals surface area contributed by atoms with Crippen LogP contribution in [0.5, 0.6) is 5.75 Å². The lowest BCUT2D eigenvalue weighted by molar-refractivity contribution is 0.342. The summed E-state index contributed by atoms with van der Waals surface area (Å²) < 4.78 is 6.05. The molecule has 2 N–H and O–H groups in total. The second kappa shape index (κ2) is 4.94. The molecule has 0 heterocycles.